The average Bonchev–Trinajstić information content (AvgIpc) is 3.05. The second-order valence-corrected chi connectivity index (χ2v) is 8.45. The standard InChI is InChI=1S/C21H24N4O2S/c1-5-22-19(26)24-20-23-17(14-6-8-16(9-7-14)21(2,3)4)18(28-20)15-10-12-25(27)13-11-15/h6-13H,5H2,1-4H3,(H2,22,23,24,26). The molecule has 0 spiro atoms. The maximum Gasteiger partial charge on any atom is 0.321 e. The SMILES string of the molecule is CCNC(=O)Nc1nc(-c2ccc(C(C)(C)C)cc2)c(-c2cc[n+]([O-])cc2)s1. The number of nitrogens with one attached hydrogen (secondary N) is 2. The fraction of sp³-hybridized carbons (Fsp3) is 0.286. The van der Waals surface area contributed by atoms with Crippen LogP contribution in [0.15, 0.2) is 48.8 Å². The molecular weight excluding hydrogens is 372 g/mol. The predicted octanol–water partition coefficient (Wildman–Crippen LogP) is 4.55. The van der Waals surface area contributed by atoms with Crippen LogP contribution in [0.2, 0.25) is 0 Å². The molecule has 0 aliphatic rings. The highest BCUT2D eigenvalue weighted by molar-refractivity contribution is 7.19. The van der Waals surface area contributed by atoms with Crippen LogP contribution < -0.4 is 15.4 Å². The molecule has 28 heavy (non-hydrogen) atoms. The lowest BCUT2D eigenvalue weighted by atomic mass is 9.86. The first-order valence-electron chi connectivity index (χ1n) is 9.13. The van der Waals surface area contributed by atoms with Gasteiger partial charge in [0.05, 0.1) is 10.6 Å². The van der Waals surface area contributed by atoms with Crippen molar-refractivity contribution in [1.82, 2.24) is 10.3 Å². The maximum atomic E-state index is 11.9. The summed E-state index contributed by atoms with van der Waals surface area (Å²) in [5, 5.41) is 17.4. The van der Waals surface area contributed by atoms with E-state index in [0.717, 1.165) is 26.4 Å². The van der Waals surface area contributed by atoms with Crippen LogP contribution in [0.25, 0.3) is 21.7 Å². The van der Waals surface area contributed by atoms with E-state index in [1.165, 1.54) is 29.3 Å². The van der Waals surface area contributed by atoms with Gasteiger partial charge >= 0.3 is 6.03 Å². The summed E-state index contributed by atoms with van der Waals surface area (Å²) in [7, 11) is 0. The number of aromatic nitrogens is 2. The van der Waals surface area contributed by atoms with Gasteiger partial charge in [0, 0.05) is 29.8 Å². The Morgan fingerprint density at radius 3 is 2.32 bits per heavy atom. The van der Waals surface area contributed by atoms with Gasteiger partial charge in [0.1, 0.15) is 0 Å². The Morgan fingerprint density at radius 1 is 1.11 bits per heavy atom. The van der Waals surface area contributed by atoms with Gasteiger partial charge in [-0.1, -0.05) is 56.4 Å². The van der Waals surface area contributed by atoms with Gasteiger partial charge in [-0.2, -0.15) is 4.73 Å². The summed E-state index contributed by atoms with van der Waals surface area (Å²) >= 11 is 1.38. The van der Waals surface area contributed by atoms with E-state index in [0.29, 0.717) is 11.7 Å². The Morgan fingerprint density at radius 2 is 1.75 bits per heavy atom. The highest BCUT2D eigenvalue weighted by Gasteiger charge is 2.18. The van der Waals surface area contributed by atoms with Crippen molar-refractivity contribution in [1.29, 1.82) is 0 Å². The van der Waals surface area contributed by atoms with Gasteiger partial charge in [-0.25, -0.2) is 9.78 Å². The number of urea groups is 1. The fourth-order valence-electron chi connectivity index (χ4n) is 2.76. The molecule has 2 amide bonds. The summed E-state index contributed by atoms with van der Waals surface area (Å²) in [6, 6.07) is 11.5. The number of amides is 2. The molecule has 1 aromatic carbocycles. The molecule has 0 saturated carbocycles. The minimum atomic E-state index is -0.289. The third kappa shape index (κ3) is 4.48. The minimum Gasteiger partial charge on any atom is -0.619 e. The summed E-state index contributed by atoms with van der Waals surface area (Å²) < 4.78 is 0.746. The van der Waals surface area contributed by atoms with Gasteiger partial charge in [-0.3, -0.25) is 5.32 Å². The minimum absolute atomic E-state index is 0.0651. The van der Waals surface area contributed by atoms with E-state index >= 15 is 0 Å². The Labute approximate surface area is 168 Å². The molecule has 0 radical (unpaired) electrons. The number of benzene rings is 1. The smallest absolute Gasteiger partial charge is 0.321 e. The second kappa shape index (κ2) is 7.98. The lowest BCUT2D eigenvalue weighted by molar-refractivity contribution is -0.605. The molecule has 2 aromatic heterocycles. The lowest BCUT2D eigenvalue weighted by Gasteiger charge is -2.19. The molecule has 146 valence electrons. The zero-order valence-electron chi connectivity index (χ0n) is 16.4. The Balaban J connectivity index is 2.03. The number of rotatable bonds is 4. The van der Waals surface area contributed by atoms with E-state index in [1.54, 1.807) is 12.1 Å². The summed E-state index contributed by atoms with van der Waals surface area (Å²) in [4.78, 5) is 17.5. The molecule has 6 nitrogen and oxygen atoms in total. The van der Waals surface area contributed by atoms with Gasteiger partial charge in [-0.05, 0) is 17.9 Å². The number of nitrogens with zero attached hydrogens (tertiary/aromatic N) is 2. The quantitative estimate of drug-likeness (QED) is 0.501. The van der Waals surface area contributed by atoms with E-state index in [2.05, 4.69) is 48.5 Å². The van der Waals surface area contributed by atoms with Gasteiger partial charge in [-0.15, -0.1) is 0 Å². The molecule has 7 heteroatoms. The first-order chi connectivity index (χ1) is 13.3. The van der Waals surface area contributed by atoms with E-state index in [-0.39, 0.29) is 11.4 Å². The van der Waals surface area contributed by atoms with Gasteiger partial charge in [0.15, 0.2) is 17.5 Å². The summed E-state index contributed by atoms with van der Waals surface area (Å²) in [5.74, 6) is 0. The van der Waals surface area contributed by atoms with Crippen molar-refractivity contribution in [3.05, 3.63) is 59.6 Å². The molecule has 3 rings (SSSR count). The first kappa shape index (κ1) is 19.8. The largest absolute Gasteiger partial charge is 0.619 e. The molecule has 0 atom stereocenters. The number of thiazole rings is 1. The van der Waals surface area contributed by atoms with Crippen molar-refractivity contribution in [3.63, 3.8) is 0 Å². The van der Waals surface area contributed by atoms with Crippen molar-refractivity contribution in [2.45, 2.75) is 33.1 Å². The monoisotopic (exact) mass is 396 g/mol. The molecular formula is C21H24N4O2S. The van der Waals surface area contributed by atoms with Gasteiger partial charge in [0.2, 0.25) is 0 Å². The van der Waals surface area contributed by atoms with Crippen LogP contribution in [-0.2, 0) is 5.41 Å². The highest BCUT2D eigenvalue weighted by atomic mass is 32.1. The van der Waals surface area contributed by atoms with Crippen molar-refractivity contribution < 1.29 is 9.52 Å². The molecule has 0 saturated heterocycles. The molecule has 2 N–H and O–H groups in total. The van der Waals surface area contributed by atoms with Gasteiger partial charge in [0.25, 0.3) is 0 Å². The zero-order chi connectivity index (χ0) is 20.3. The van der Waals surface area contributed by atoms with E-state index in [9.17, 15) is 10.0 Å². The summed E-state index contributed by atoms with van der Waals surface area (Å²) in [6.07, 6.45) is 2.91. The Hall–Kier alpha value is -2.93. The van der Waals surface area contributed by atoms with Crippen LogP contribution >= 0.6 is 11.3 Å². The molecule has 0 bridgehead atoms. The first-order valence-corrected chi connectivity index (χ1v) is 9.95. The fourth-order valence-corrected chi connectivity index (χ4v) is 3.75. The third-order valence-corrected chi connectivity index (χ3v) is 5.29. The van der Waals surface area contributed by atoms with Crippen LogP contribution in [0, 0.1) is 5.21 Å². The van der Waals surface area contributed by atoms with Crippen LogP contribution in [0.1, 0.15) is 33.3 Å². The maximum absolute atomic E-state index is 11.9. The molecule has 0 fully saturated rings. The topological polar surface area (TPSA) is 81.0 Å². The van der Waals surface area contributed by atoms with Gasteiger partial charge < -0.3 is 10.5 Å². The van der Waals surface area contributed by atoms with E-state index < -0.39 is 0 Å². The van der Waals surface area contributed by atoms with Crippen molar-refractivity contribution in [3.8, 4) is 21.7 Å². The molecule has 0 aliphatic carbocycles. The zero-order valence-corrected chi connectivity index (χ0v) is 17.3. The highest BCUT2D eigenvalue weighted by Crippen LogP contribution is 2.39. The van der Waals surface area contributed by atoms with Crippen molar-refractivity contribution >= 4 is 22.5 Å². The number of hydrogen-bond acceptors (Lipinski definition) is 4. The average molecular weight is 397 g/mol. The lowest BCUT2D eigenvalue weighted by Crippen LogP contribution is -2.28. The van der Waals surface area contributed by atoms with E-state index in [1.807, 2.05) is 19.1 Å². The third-order valence-electron chi connectivity index (χ3n) is 4.27. The van der Waals surface area contributed by atoms with Crippen LogP contribution in [0.4, 0.5) is 9.93 Å². The molecule has 3 aromatic rings. The van der Waals surface area contributed by atoms with Crippen LogP contribution in [-0.4, -0.2) is 17.6 Å². The normalized spacial score (nSPS) is 11.3. The summed E-state index contributed by atoms with van der Waals surface area (Å²) in [5.41, 5.74) is 3.92. The molecule has 0 unspecified atom stereocenters. The van der Waals surface area contributed by atoms with Crippen LogP contribution in [0.3, 0.4) is 0 Å². The Kier molecular flexibility index (Phi) is 5.65. The molecule has 0 aliphatic heterocycles. The number of carbonyl (C=O) groups excluding carboxylic acids is 1. The van der Waals surface area contributed by atoms with Crippen molar-refractivity contribution in [2.24, 2.45) is 0 Å². The second-order valence-electron chi connectivity index (χ2n) is 7.46. The predicted molar refractivity (Wildman–Crippen MR) is 113 cm³/mol. The number of hydrogen-bond donors (Lipinski definition) is 2. The van der Waals surface area contributed by atoms with Crippen LogP contribution in [0.5, 0.6) is 0 Å². The van der Waals surface area contributed by atoms with E-state index in [4.69, 9.17) is 0 Å². The number of pyridine rings is 1. The summed E-state index contributed by atoms with van der Waals surface area (Å²) in [6.45, 7) is 8.91. The molecule has 2 heterocycles. The number of anilines is 1. The van der Waals surface area contributed by atoms with Crippen molar-refractivity contribution in [2.75, 3.05) is 11.9 Å². The number of carbonyl (C=O) groups is 1. The Bertz CT molecular complexity index is 958.